The number of aryl methyl sites for hydroxylation is 1. The second kappa shape index (κ2) is 5.99. The molecule has 2 aromatic rings. The average molecular weight is 311 g/mol. The first-order valence-corrected chi connectivity index (χ1v) is 7.98. The standard InChI is InChI=1S/C18H21N3O2/c1-11(2)21(10-16(19)22)18(23)17-12-6-3-4-8-14(12)20-15-9-5-7-13(15)17/h3-4,6,8,11H,5,7,9-10H2,1-2H3,(H2,19,22). The first-order chi connectivity index (χ1) is 11.0. The molecule has 0 radical (unpaired) electrons. The summed E-state index contributed by atoms with van der Waals surface area (Å²) in [7, 11) is 0. The number of rotatable bonds is 4. The van der Waals surface area contributed by atoms with Gasteiger partial charge in [-0.1, -0.05) is 18.2 Å². The Bertz CT molecular complexity index is 783. The third kappa shape index (κ3) is 2.79. The molecule has 1 aromatic carbocycles. The molecule has 0 bridgehead atoms. The van der Waals surface area contributed by atoms with E-state index in [0.717, 1.165) is 41.4 Å². The van der Waals surface area contributed by atoms with Crippen molar-refractivity contribution in [2.24, 2.45) is 5.73 Å². The summed E-state index contributed by atoms with van der Waals surface area (Å²) in [5, 5.41) is 0.855. The summed E-state index contributed by atoms with van der Waals surface area (Å²) in [6, 6.07) is 7.60. The van der Waals surface area contributed by atoms with E-state index in [-0.39, 0.29) is 18.5 Å². The Balaban J connectivity index is 2.18. The maximum atomic E-state index is 13.2. The zero-order chi connectivity index (χ0) is 16.6. The third-order valence-corrected chi connectivity index (χ3v) is 4.34. The van der Waals surface area contributed by atoms with Gasteiger partial charge in [0.1, 0.15) is 0 Å². The highest BCUT2D eigenvalue weighted by Crippen LogP contribution is 2.31. The van der Waals surface area contributed by atoms with Crippen LogP contribution in [0.1, 0.15) is 41.9 Å². The number of hydrogen-bond acceptors (Lipinski definition) is 3. The number of benzene rings is 1. The van der Waals surface area contributed by atoms with Crippen LogP contribution in [0, 0.1) is 0 Å². The molecule has 0 unspecified atom stereocenters. The normalized spacial score (nSPS) is 13.3. The lowest BCUT2D eigenvalue weighted by atomic mass is 9.99. The van der Waals surface area contributed by atoms with E-state index in [4.69, 9.17) is 10.7 Å². The van der Waals surface area contributed by atoms with Gasteiger partial charge in [0.25, 0.3) is 5.91 Å². The summed E-state index contributed by atoms with van der Waals surface area (Å²) < 4.78 is 0. The average Bonchev–Trinajstić information content (AvgIpc) is 2.96. The molecule has 120 valence electrons. The molecule has 5 nitrogen and oxygen atoms in total. The number of pyridine rings is 1. The minimum absolute atomic E-state index is 0.0675. The summed E-state index contributed by atoms with van der Waals surface area (Å²) in [5.41, 5.74) is 8.89. The van der Waals surface area contributed by atoms with Crippen LogP contribution in [-0.4, -0.2) is 34.3 Å². The fourth-order valence-corrected chi connectivity index (χ4v) is 3.26. The van der Waals surface area contributed by atoms with E-state index >= 15 is 0 Å². The van der Waals surface area contributed by atoms with E-state index in [9.17, 15) is 9.59 Å². The van der Waals surface area contributed by atoms with Gasteiger partial charge < -0.3 is 10.6 Å². The quantitative estimate of drug-likeness (QED) is 0.939. The summed E-state index contributed by atoms with van der Waals surface area (Å²) in [5.74, 6) is -0.627. The van der Waals surface area contributed by atoms with Gasteiger partial charge in [0.15, 0.2) is 0 Å². The monoisotopic (exact) mass is 311 g/mol. The lowest BCUT2D eigenvalue weighted by molar-refractivity contribution is -0.119. The number of aromatic nitrogens is 1. The van der Waals surface area contributed by atoms with Crippen molar-refractivity contribution in [2.45, 2.75) is 39.2 Å². The van der Waals surface area contributed by atoms with Gasteiger partial charge in [0.2, 0.25) is 5.91 Å². The molecule has 2 N–H and O–H groups in total. The van der Waals surface area contributed by atoms with Crippen molar-refractivity contribution in [1.82, 2.24) is 9.88 Å². The molecule has 2 amide bonds. The van der Waals surface area contributed by atoms with Gasteiger partial charge in [-0.15, -0.1) is 0 Å². The molecule has 0 atom stereocenters. The Labute approximate surface area is 135 Å². The molecule has 3 rings (SSSR count). The van der Waals surface area contributed by atoms with Crippen LogP contribution in [0.25, 0.3) is 10.9 Å². The van der Waals surface area contributed by atoms with E-state index in [0.29, 0.717) is 5.56 Å². The fraction of sp³-hybridized carbons (Fsp3) is 0.389. The SMILES string of the molecule is CC(C)N(CC(N)=O)C(=O)c1c2c(nc3ccccc13)CCC2. The lowest BCUT2D eigenvalue weighted by Crippen LogP contribution is -2.43. The lowest BCUT2D eigenvalue weighted by Gasteiger charge is -2.27. The molecular weight excluding hydrogens is 290 g/mol. The van der Waals surface area contributed by atoms with Crippen LogP contribution >= 0.6 is 0 Å². The highest BCUT2D eigenvalue weighted by Gasteiger charge is 2.28. The van der Waals surface area contributed by atoms with Crippen molar-refractivity contribution < 1.29 is 9.59 Å². The van der Waals surface area contributed by atoms with Gasteiger partial charge in [-0.2, -0.15) is 0 Å². The predicted octanol–water partition coefficient (Wildman–Crippen LogP) is 2.06. The number of fused-ring (bicyclic) bond motifs is 2. The van der Waals surface area contributed by atoms with Crippen LogP contribution in [0.5, 0.6) is 0 Å². The number of hydrogen-bond donors (Lipinski definition) is 1. The van der Waals surface area contributed by atoms with Gasteiger partial charge in [-0.05, 0) is 44.7 Å². The van der Waals surface area contributed by atoms with E-state index in [1.165, 1.54) is 0 Å². The summed E-state index contributed by atoms with van der Waals surface area (Å²) in [4.78, 5) is 30.8. The summed E-state index contributed by atoms with van der Waals surface area (Å²) in [6.07, 6.45) is 2.77. The van der Waals surface area contributed by atoms with Crippen LogP contribution in [0.3, 0.4) is 0 Å². The number of nitrogens with zero attached hydrogens (tertiary/aromatic N) is 2. The van der Waals surface area contributed by atoms with Crippen LogP contribution < -0.4 is 5.73 Å². The molecule has 5 heteroatoms. The van der Waals surface area contributed by atoms with Crippen LogP contribution in [0.15, 0.2) is 24.3 Å². The molecule has 23 heavy (non-hydrogen) atoms. The maximum absolute atomic E-state index is 13.2. The van der Waals surface area contributed by atoms with Gasteiger partial charge in [0.05, 0.1) is 17.6 Å². The van der Waals surface area contributed by atoms with E-state index in [2.05, 4.69) is 0 Å². The molecule has 0 spiro atoms. The van der Waals surface area contributed by atoms with Crippen molar-refractivity contribution in [2.75, 3.05) is 6.54 Å². The third-order valence-electron chi connectivity index (χ3n) is 4.34. The van der Waals surface area contributed by atoms with Crippen molar-refractivity contribution in [3.05, 3.63) is 41.1 Å². The molecule has 1 heterocycles. The van der Waals surface area contributed by atoms with Gasteiger partial charge >= 0.3 is 0 Å². The largest absolute Gasteiger partial charge is 0.368 e. The molecule has 0 aliphatic heterocycles. The Hall–Kier alpha value is -2.43. The molecule has 0 fully saturated rings. The van der Waals surface area contributed by atoms with Crippen LogP contribution in [0.4, 0.5) is 0 Å². The summed E-state index contributed by atoms with van der Waals surface area (Å²) >= 11 is 0. The van der Waals surface area contributed by atoms with E-state index in [1.807, 2.05) is 38.1 Å². The zero-order valence-electron chi connectivity index (χ0n) is 13.5. The summed E-state index contributed by atoms with van der Waals surface area (Å²) in [6.45, 7) is 3.72. The minimum Gasteiger partial charge on any atom is -0.368 e. The molecule has 1 aromatic heterocycles. The second-order valence-corrected chi connectivity index (χ2v) is 6.28. The number of carbonyl (C=O) groups is 2. The highest BCUT2D eigenvalue weighted by atomic mass is 16.2. The molecule has 0 saturated heterocycles. The van der Waals surface area contributed by atoms with Crippen molar-refractivity contribution in [3.8, 4) is 0 Å². The second-order valence-electron chi connectivity index (χ2n) is 6.28. The zero-order valence-corrected chi connectivity index (χ0v) is 13.5. The molecular formula is C18H21N3O2. The minimum atomic E-state index is -0.498. The van der Waals surface area contributed by atoms with Crippen molar-refractivity contribution >= 4 is 22.7 Å². The Morgan fingerprint density at radius 3 is 2.70 bits per heavy atom. The molecule has 1 aliphatic rings. The predicted molar refractivity (Wildman–Crippen MR) is 89.1 cm³/mol. The van der Waals surface area contributed by atoms with Crippen LogP contribution in [-0.2, 0) is 17.6 Å². The number of carbonyl (C=O) groups excluding carboxylic acids is 2. The van der Waals surface area contributed by atoms with Gasteiger partial charge in [-0.3, -0.25) is 14.6 Å². The highest BCUT2D eigenvalue weighted by molar-refractivity contribution is 6.08. The van der Waals surface area contributed by atoms with Crippen molar-refractivity contribution in [1.29, 1.82) is 0 Å². The fourth-order valence-electron chi connectivity index (χ4n) is 3.26. The topological polar surface area (TPSA) is 76.3 Å². The smallest absolute Gasteiger partial charge is 0.255 e. The Morgan fingerprint density at radius 2 is 2.00 bits per heavy atom. The van der Waals surface area contributed by atoms with Crippen LogP contribution in [0.2, 0.25) is 0 Å². The molecule has 0 saturated carbocycles. The van der Waals surface area contributed by atoms with E-state index in [1.54, 1.807) is 4.90 Å². The number of amides is 2. The van der Waals surface area contributed by atoms with Gasteiger partial charge in [0, 0.05) is 17.1 Å². The Kier molecular flexibility index (Phi) is 4.03. The maximum Gasteiger partial charge on any atom is 0.255 e. The number of para-hydroxylation sites is 1. The first-order valence-electron chi connectivity index (χ1n) is 7.98. The number of primary amides is 1. The number of nitrogens with two attached hydrogens (primary N) is 1. The van der Waals surface area contributed by atoms with Gasteiger partial charge in [-0.25, -0.2) is 0 Å². The Morgan fingerprint density at radius 1 is 1.26 bits per heavy atom. The first kappa shape index (κ1) is 15.5. The van der Waals surface area contributed by atoms with E-state index < -0.39 is 5.91 Å². The molecule has 1 aliphatic carbocycles. The van der Waals surface area contributed by atoms with Crippen molar-refractivity contribution in [3.63, 3.8) is 0 Å².